The molecule has 0 radical (unpaired) electrons. The van der Waals surface area contributed by atoms with E-state index in [4.69, 9.17) is 14.3 Å². The molecule has 172 valence electrons. The van der Waals surface area contributed by atoms with E-state index in [1.807, 2.05) is 11.3 Å². The topological polar surface area (TPSA) is 35.8 Å². The number of imidazole rings is 1. The Morgan fingerprint density at radius 3 is 2.26 bits per heavy atom. The Hall–Kier alpha value is -3.19. The van der Waals surface area contributed by atoms with Crippen molar-refractivity contribution in [1.29, 1.82) is 0 Å². The van der Waals surface area contributed by atoms with E-state index in [1.165, 1.54) is 20.2 Å². The number of thiophene rings is 1. The highest BCUT2D eigenvalue weighted by molar-refractivity contribution is 7.26. The smallest absolute Gasteiger partial charge is 0.399 e. The van der Waals surface area contributed by atoms with Crippen LogP contribution in [0.25, 0.3) is 48.1 Å². The average Bonchev–Trinajstić information content (AvgIpc) is 3.48. The minimum Gasteiger partial charge on any atom is -0.399 e. The molecule has 0 atom stereocenters. The largest absolute Gasteiger partial charge is 0.494 e. The zero-order chi connectivity index (χ0) is 23.9. The van der Waals surface area contributed by atoms with E-state index in [9.17, 15) is 0 Å². The maximum absolute atomic E-state index is 6.27. The van der Waals surface area contributed by atoms with E-state index in [1.54, 1.807) is 0 Å². The fourth-order valence-corrected chi connectivity index (χ4v) is 6.16. The highest BCUT2D eigenvalue weighted by Gasteiger charge is 2.51. The molecule has 0 unspecified atom stereocenters. The summed E-state index contributed by atoms with van der Waals surface area (Å²) >= 11 is 1.81. The average molecular weight is 476 g/mol. The van der Waals surface area contributed by atoms with Crippen LogP contribution in [0, 0.1) is 0 Å². The second-order valence-electron chi connectivity index (χ2n) is 10.3. The molecular formula is C29H25BN2O2S. The lowest BCUT2D eigenvalue weighted by molar-refractivity contribution is 0.00578. The van der Waals surface area contributed by atoms with Gasteiger partial charge in [-0.15, -0.1) is 11.3 Å². The van der Waals surface area contributed by atoms with Crippen LogP contribution in [0.4, 0.5) is 0 Å². The zero-order valence-corrected chi connectivity index (χ0v) is 21.0. The summed E-state index contributed by atoms with van der Waals surface area (Å²) in [5.74, 6) is 0. The summed E-state index contributed by atoms with van der Waals surface area (Å²) in [4.78, 5) is 5.07. The normalized spacial score (nSPS) is 17.3. The van der Waals surface area contributed by atoms with Crippen LogP contribution in [-0.2, 0) is 9.31 Å². The van der Waals surface area contributed by atoms with Crippen molar-refractivity contribution < 1.29 is 9.31 Å². The molecule has 1 saturated heterocycles. The van der Waals surface area contributed by atoms with Gasteiger partial charge in [-0.05, 0) is 63.0 Å². The van der Waals surface area contributed by atoms with Crippen LogP contribution in [0.5, 0.6) is 0 Å². The molecular weight excluding hydrogens is 451 g/mol. The highest BCUT2D eigenvalue weighted by Crippen LogP contribution is 2.40. The quantitative estimate of drug-likeness (QED) is 0.257. The maximum atomic E-state index is 6.27. The predicted octanol–water partition coefficient (Wildman–Crippen LogP) is 6.82. The van der Waals surface area contributed by atoms with Crippen molar-refractivity contribution in [3.05, 3.63) is 78.9 Å². The summed E-state index contributed by atoms with van der Waals surface area (Å²) in [6, 6.07) is 27.9. The van der Waals surface area contributed by atoms with Crippen molar-refractivity contribution in [2.75, 3.05) is 0 Å². The first kappa shape index (κ1) is 21.1. The molecule has 1 fully saturated rings. The second kappa shape index (κ2) is 7.17. The van der Waals surface area contributed by atoms with Crippen molar-refractivity contribution in [3.8, 4) is 11.3 Å². The predicted molar refractivity (Wildman–Crippen MR) is 147 cm³/mol. The van der Waals surface area contributed by atoms with Crippen LogP contribution in [0.15, 0.2) is 78.9 Å². The molecule has 0 spiro atoms. The van der Waals surface area contributed by atoms with Gasteiger partial charge in [-0.1, -0.05) is 54.6 Å². The molecule has 0 saturated carbocycles. The van der Waals surface area contributed by atoms with Crippen LogP contribution in [0.1, 0.15) is 27.7 Å². The molecule has 0 amide bonds. The Balaban J connectivity index is 1.44. The highest BCUT2D eigenvalue weighted by atomic mass is 32.1. The van der Waals surface area contributed by atoms with Gasteiger partial charge < -0.3 is 9.31 Å². The zero-order valence-electron chi connectivity index (χ0n) is 20.2. The number of aromatic nitrogens is 2. The fraction of sp³-hybridized carbons (Fsp3) is 0.207. The van der Waals surface area contributed by atoms with Crippen molar-refractivity contribution in [2.45, 2.75) is 38.9 Å². The standard InChI is InChI=1S/C29H25BN2O2S/c1-28(2)29(3,4)34-30(33-28)19-15-13-18(14-16-19)24-17-21-20-9-5-8-12-25(20)35-26(21)27-31-22-10-6-7-11-23(22)32(24)27/h5-17H,1-4H3. The lowest BCUT2D eigenvalue weighted by atomic mass is 9.78. The minimum absolute atomic E-state index is 0.358. The number of hydrogen-bond donors (Lipinski definition) is 0. The van der Waals surface area contributed by atoms with Crippen LogP contribution >= 0.6 is 11.3 Å². The van der Waals surface area contributed by atoms with Gasteiger partial charge in [-0.25, -0.2) is 4.98 Å². The molecule has 35 heavy (non-hydrogen) atoms. The summed E-state index contributed by atoms with van der Waals surface area (Å²) in [6.45, 7) is 8.34. The monoisotopic (exact) mass is 476 g/mol. The summed E-state index contributed by atoms with van der Waals surface area (Å²) < 4.78 is 17.3. The molecule has 1 aliphatic rings. The molecule has 3 aromatic carbocycles. The lowest BCUT2D eigenvalue weighted by Crippen LogP contribution is -2.41. The van der Waals surface area contributed by atoms with E-state index in [2.05, 4.69) is 111 Å². The number of benzene rings is 3. The van der Waals surface area contributed by atoms with Crippen molar-refractivity contribution in [3.63, 3.8) is 0 Å². The number of fused-ring (bicyclic) bond motifs is 7. The third-order valence-electron chi connectivity index (χ3n) is 7.65. The van der Waals surface area contributed by atoms with Crippen molar-refractivity contribution >= 4 is 60.8 Å². The fourth-order valence-electron chi connectivity index (χ4n) is 5.00. The van der Waals surface area contributed by atoms with Crippen LogP contribution in [0.2, 0.25) is 0 Å². The first-order valence-corrected chi connectivity index (χ1v) is 12.8. The Labute approximate surface area is 208 Å². The van der Waals surface area contributed by atoms with Crippen LogP contribution in [-0.4, -0.2) is 27.7 Å². The number of para-hydroxylation sites is 2. The van der Waals surface area contributed by atoms with Gasteiger partial charge in [0.05, 0.1) is 32.6 Å². The third kappa shape index (κ3) is 3.04. The van der Waals surface area contributed by atoms with Gasteiger partial charge in [0, 0.05) is 15.5 Å². The van der Waals surface area contributed by atoms with Crippen LogP contribution < -0.4 is 5.46 Å². The van der Waals surface area contributed by atoms with E-state index >= 15 is 0 Å². The Morgan fingerprint density at radius 1 is 0.800 bits per heavy atom. The number of hydrogen-bond acceptors (Lipinski definition) is 4. The van der Waals surface area contributed by atoms with Gasteiger partial charge in [0.25, 0.3) is 0 Å². The van der Waals surface area contributed by atoms with E-state index in [0.29, 0.717) is 0 Å². The summed E-state index contributed by atoms with van der Waals surface area (Å²) in [5, 5.41) is 2.52. The molecule has 6 heteroatoms. The number of rotatable bonds is 2. The Bertz CT molecular complexity index is 1750. The van der Waals surface area contributed by atoms with E-state index in [-0.39, 0.29) is 18.3 Å². The molecule has 4 nitrogen and oxygen atoms in total. The van der Waals surface area contributed by atoms with Gasteiger partial charge >= 0.3 is 7.12 Å². The van der Waals surface area contributed by atoms with E-state index < -0.39 is 0 Å². The minimum atomic E-state index is -0.369. The van der Waals surface area contributed by atoms with Gasteiger partial charge in [0.1, 0.15) is 0 Å². The van der Waals surface area contributed by atoms with Gasteiger partial charge in [0.2, 0.25) is 0 Å². The van der Waals surface area contributed by atoms with Gasteiger partial charge in [0.15, 0.2) is 5.65 Å². The second-order valence-corrected chi connectivity index (χ2v) is 11.4. The first-order chi connectivity index (χ1) is 16.8. The third-order valence-corrected chi connectivity index (χ3v) is 8.83. The Kier molecular flexibility index (Phi) is 4.33. The summed E-state index contributed by atoms with van der Waals surface area (Å²) in [7, 11) is -0.369. The molecule has 1 aliphatic heterocycles. The molecule has 6 aromatic rings. The first-order valence-electron chi connectivity index (χ1n) is 12.0. The molecule has 0 N–H and O–H groups in total. The van der Waals surface area contributed by atoms with Gasteiger partial charge in [-0.2, -0.15) is 0 Å². The molecule has 4 heterocycles. The molecule has 0 aliphatic carbocycles. The van der Waals surface area contributed by atoms with E-state index in [0.717, 1.165) is 33.4 Å². The lowest BCUT2D eigenvalue weighted by Gasteiger charge is -2.32. The summed E-state index contributed by atoms with van der Waals surface area (Å²) in [5.41, 5.74) is 5.71. The summed E-state index contributed by atoms with van der Waals surface area (Å²) in [6.07, 6.45) is 0. The molecule has 0 bridgehead atoms. The van der Waals surface area contributed by atoms with Crippen molar-refractivity contribution in [1.82, 2.24) is 9.38 Å². The van der Waals surface area contributed by atoms with Crippen molar-refractivity contribution in [2.24, 2.45) is 0 Å². The maximum Gasteiger partial charge on any atom is 0.494 e. The Morgan fingerprint density at radius 2 is 1.49 bits per heavy atom. The molecule has 7 rings (SSSR count). The molecule has 3 aromatic heterocycles. The number of nitrogens with zero attached hydrogens (tertiary/aromatic N) is 2. The SMILES string of the molecule is CC1(C)OB(c2ccc(-c3cc4c5ccccc5sc4c4nc5ccccc5n34)cc2)OC1(C)C. The van der Waals surface area contributed by atoms with Crippen LogP contribution in [0.3, 0.4) is 0 Å². The van der Waals surface area contributed by atoms with Gasteiger partial charge in [-0.3, -0.25) is 4.40 Å². The number of pyridine rings is 1.